The van der Waals surface area contributed by atoms with Crippen molar-refractivity contribution >= 4 is 5.82 Å². The summed E-state index contributed by atoms with van der Waals surface area (Å²) in [6.07, 6.45) is -4.55. The van der Waals surface area contributed by atoms with Crippen LogP contribution < -0.4 is 20.1 Å². The number of benzene rings is 1. The van der Waals surface area contributed by atoms with Crippen LogP contribution >= 0.6 is 0 Å². The van der Waals surface area contributed by atoms with E-state index in [2.05, 4.69) is 9.97 Å². The number of alkyl halides is 3. The molecule has 0 unspecified atom stereocenters. The van der Waals surface area contributed by atoms with Crippen molar-refractivity contribution in [3.63, 3.8) is 0 Å². The molecule has 0 fully saturated rings. The van der Waals surface area contributed by atoms with Crippen LogP contribution in [0.3, 0.4) is 0 Å². The molecule has 7 nitrogen and oxygen atoms in total. The lowest BCUT2D eigenvalue weighted by atomic mass is 10.3. The Labute approximate surface area is 163 Å². The average molecular weight is 404 g/mol. The molecule has 0 aliphatic carbocycles. The number of hydrogen-bond donors (Lipinski definition) is 0. The molecular weight excluding hydrogens is 389 g/mol. The van der Waals surface area contributed by atoms with E-state index in [4.69, 9.17) is 9.47 Å². The van der Waals surface area contributed by atoms with Gasteiger partial charge in [-0.1, -0.05) is 6.07 Å². The Bertz CT molecular complexity index is 1100. The van der Waals surface area contributed by atoms with E-state index in [-0.39, 0.29) is 17.5 Å². The summed E-state index contributed by atoms with van der Waals surface area (Å²) in [7, 11) is 1.87. The van der Waals surface area contributed by atoms with Crippen LogP contribution in [0.1, 0.15) is 5.69 Å². The number of halogens is 3. The summed E-state index contributed by atoms with van der Waals surface area (Å²) in [6.45, 7) is 1.30. The van der Waals surface area contributed by atoms with Crippen LogP contribution in [0.2, 0.25) is 0 Å². The van der Waals surface area contributed by atoms with Crippen molar-refractivity contribution in [2.45, 2.75) is 12.7 Å². The van der Waals surface area contributed by atoms with E-state index in [0.29, 0.717) is 12.3 Å². The summed E-state index contributed by atoms with van der Waals surface area (Å²) < 4.78 is 50.8. The van der Waals surface area contributed by atoms with Gasteiger partial charge in [0.25, 0.3) is 0 Å². The summed E-state index contributed by atoms with van der Waals surface area (Å²) in [4.78, 5) is 21.3. The maximum atomic E-state index is 12.7. The van der Waals surface area contributed by atoms with Crippen molar-refractivity contribution in [3.05, 3.63) is 64.7 Å². The minimum Gasteiger partial charge on any atom is -0.439 e. The third-order valence-corrected chi connectivity index (χ3v) is 4.30. The first kappa shape index (κ1) is 18.8. The second kappa shape index (κ2) is 7.12. The lowest BCUT2D eigenvalue weighted by Gasteiger charge is -2.12. The summed E-state index contributed by atoms with van der Waals surface area (Å²) in [5.74, 6) is 1.38. The first-order valence-corrected chi connectivity index (χ1v) is 8.63. The highest BCUT2D eigenvalue weighted by Crippen LogP contribution is 2.31. The molecule has 0 atom stereocenters. The number of ether oxygens (including phenoxy) is 2. The Kier molecular flexibility index (Phi) is 4.61. The van der Waals surface area contributed by atoms with Gasteiger partial charge in [-0.2, -0.15) is 18.2 Å². The van der Waals surface area contributed by atoms with E-state index >= 15 is 0 Å². The fourth-order valence-corrected chi connectivity index (χ4v) is 2.86. The SMILES string of the molecule is CN1CCn2c1cc(Oc1ccc(Oc3cccc(C(F)(F)F)n3)cc1)nc2=O. The second-order valence-electron chi connectivity index (χ2n) is 6.34. The Morgan fingerprint density at radius 2 is 1.59 bits per heavy atom. The Morgan fingerprint density at radius 1 is 0.931 bits per heavy atom. The number of fused-ring (bicyclic) bond motifs is 1. The predicted octanol–water partition coefficient (Wildman–Crippen LogP) is 3.69. The smallest absolute Gasteiger partial charge is 0.433 e. The number of nitrogens with zero attached hydrogens (tertiary/aromatic N) is 4. The average Bonchev–Trinajstić information content (AvgIpc) is 3.04. The van der Waals surface area contributed by atoms with Gasteiger partial charge in [0, 0.05) is 32.3 Å². The minimum absolute atomic E-state index is 0.156. The monoisotopic (exact) mass is 404 g/mol. The number of likely N-dealkylation sites (N-methyl/N-ethyl adjacent to an activating group) is 1. The van der Waals surface area contributed by atoms with Crippen LogP contribution in [0.4, 0.5) is 19.0 Å². The van der Waals surface area contributed by atoms with Crippen LogP contribution in [-0.4, -0.2) is 28.1 Å². The first-order chi connectivity index (χ1) is 13.8. The maximum absolute atomic E-state index is 12.7. The molecule has 0 spiro atoms. The van der Waals surface area contributed by atoms with Gasteiger partial charge in [-0.25, -0.2) is 9.78 Å². The maximum Gasteiger partial charge on any atom is 0.433 e. The highest BCUT2D eigenvalue weighted by atomic mass is 19.4. The molecule has 2 aromatic heterocycles. The van der Waals surface area contributed by atoms with Crippen molar-refractivity contribution in [3.8, 4) is 23.3 Å². The van der Waals surface area contributed by atoms with Gasteiger partial charge in [0.15, 0.2) is 0 Å². The largest absolute Gasteiger partial charge is 0.439 e. The van der Waals surface area contributed by atoms with Crippen LogP contribution in [0, 0.1) is 0 Å². The standard InChI is InChI=1S/C19H15F3N4O3/c1-25-9-10-26-17(25)11-16(24-18(26)27)29-13-7-5-12(6-8-13)28-15-4-2-3-14(23-15)19(20,21)22/h2-8,11H,9-10H2,1H3. The fraction of sp³-hybridized carbons (Fsp3) is 0.211. The normalized spacial score (nSPS) is 13.3. The van der Waals surface area contributed by atoms with Gasteiger partial charge in [0.2, 0.25) is 11.8 Å². The quantitative estimate of drug-likeness (QED) is 0.661. The molecule has 3 aromatic rings. The van der Waals surface area contributed by atoms with Crippen LogP contribution in [0.15, 0.2) is 53.3 Å². The third-order valence-electron chi connectivity index (χ3n) is 4.30. The van der Waals surface area contributed by atoms with Gasteiger partial charge in [0.1, 0.15) is 23.0 Å². The summed E-state index contributed by atoms with van der Waals surface area (Å²) in [6, 6.07) is 11.2. The van der Waals surface area contributed by atoms with E-state index in [1.165, 1.54) is 24.3 Å². The third kappa shape index (κ3) is 4.00. The number of aromatic nitrogens is 3. The van der Waals surface area contributed by atoms with Crippen LogP contribution in [0.25, 0.3) is 0 Å². The topological polar surface area (TPSA) is 69.5 Å². The van der Waals surface area contributed by atoms with Gasteiger partial charge in [-0.15, -0.1) is 0 Å². The molecular formula is C19H15F3N4O3. The fourth-order valence-electron chi connectivity index (χ4n) is 2.86. The second-order valence-corrected chi connectivity index (χ2v) is 6.34. The molecule has 1 aromatic carbocycles. The summed E-state index contributed by atoms with van der Waals surface area (Å²) in [5, 5.41) is 0. The Morgan fingerprint density at radius 3 is 2.24 bits per heavy atom. The van der Waals surface area contributed by atoms with Gasteiger partial charge in [0.05, 0.1) is 0 Å². The molecule has 0 amide bonds. The van der Waals surface area contributed by atoms with Crippen LogP contribution in [-0.2, 0) is 12.7 Å². The highest BCUT2D eigenvalue weighted by molar-refractivity contribution is 5.45. The van der Waals surface area contributed by atoms with E-state index in [1.54, 1.807) is 22.8 Å². The zero-order valence-electron chi connectivity index (χ0n) is 15.2. The zero-order chi connectivity index (χ0) is 20.6. The molecule has 150 valence electrons. The van der Waals surface area contributed by atoms with Crippen molar-refractivity contribution in [1.82, 2.24) is 14.5 Å². The molecule has 1 aliphatic heterocycles. The van der Waals surface area contributed by atoms with E-state index < -0.39 is 17.6 Å². The van der Waals surface area contributed by atoms with Crippen molar-refractivity contribution in [1.29, 1.82) is 0 Å². The predicted molar refractivity (Wildman–Crippen MR) is 97.6 cm³/mol. The van der Waals surface area contributed by atoms with Gasteiger partial charge in [-0.05, 0) is 30.3 Å². The number of rotatable bonds is 4. The first-order valence-electron chi connectivity index (χ1n) is 8.63. The van der Waals surface area contributed by atoms with Gasteiger partial charge < -0.3 is 14.4 Å². The molecule has 0 N–H and O–H groups in total. The molecule has 10 heteroatoms. The lowest BCUT2D eigenvalue weighted by molar-refractivity contribution is -0.141. The van der Waals surface area contributed by atoms with Crippen molar-refractivity contribution < 1.29 is 22.6 Å². The zero-order valence-corrected chi connectivity index (χ0v) is 15.2. The lowest BCUT2D eigenvalue weighted by Crippen LogP contribution is -2.21. The summed E-state index contributed by atoms with van der Waals surface area (Å²) >= 11 is 0. The molecule has 29 heavy (non-hydrogen) atoms. The van der Waals surface area contributed by atoms with Crippen molar-refractivity contribution in [2.24, 2.45) is 0 Å². The molecule has 0 radical (unpaired) electrons. The molecule has 3 heterocycles. The molecule has 0 bridgehead atoms. The molecule has 0 saturated heterocycles. The van der Waals surface area contributed by atoms with E-state index in [1.807, 2.05) is 11.9 Å². The van der Waals surface area contributed by atoms with Gasteiger partial charge in [-0.3, -0.25) is 4.57 Å². The van der Waals surface area contributed by atoms with E-state index in [0.717, 1.165) is 18.4 Å². The minimum atomic E-state index is -4.55. The number of anilines is 1. The number of pyridine rings is 1. The van der Waals surface area contributed by atoms with Gasteiger partial charge >= 0.3 is 11.9 Å². The van der Waals surface area contributed by atoms with E-state index in [9.17, 15) is 18.0 Å². The molecule has 0 saturated carbocycles. The number of hydrogen-bond acceptors (Lipinski definition) is 6. The Hall–Kier alpha value is -3.56. The Balaban J connectivity index is 1.49. The highest BCUT2D eigenvalue weighted by Gasteiger charge is 2.32. The van der Waals surface area contributed by atoms with Crippen LogP contribution in [0.5, 0.6) is 23.3 Å². The molecule has 4 rings (SSSR count). The molecule has 1 aliphatic rings. The summed E-state index contributed by atoms with van der Waals surface area (Å²) in [5.41, 5.74) is -1.42. The van der Waals surface area contributed by atoms with Crippen molar-refractivity contribution in [2.75, 3.05) is 18.5 Å².